The lowest BCUT2D eigenvalue weighted by Gasteiger charge is -2.19. The first-order valence-electron chi connectivity index (χ1n) is 8.71. The van der Waals surface area contributed by atoms with Crippen LogP contribution in [0.2, 0.25) is 0 Å². The number of rotatable bonds is 7. The summed E-state index contributed by atoms with van der Waals surface area (Å²) in [6, 6.07) is 18.1. The van der Waals surface area contributed by atoms with Crippen LogP contribution in [-0.2, 0) is 16.6 Å². The van der Waals surface area contributed by atoms with Crippen molar-refractivity contribution >= 4 is 20.8 Å². The number of hydrogen-bond donors (Lipinski definition) is 0. The third-order valence-electron chi connectivity index (χ3n) is 4.37. The van der Waals surface area contributed by atoms with Crippen LogP contribution in [0, 0.1) is 0 Å². The van der Waals surface area contributed by atoms with Gasteiger partial charge in [0.15, 0.2) is 0 Å². The Bertz CT molecular complexity index is 1050. The number of methoxy groups -OCH3 is 1. The van der Waals surface area contributed by atoms with E-state index in [-0.39, 0.29) is 11.4 Å². The van der Waals surface area contributed by atoms with Crippen LogP contribution in [0.3, 0.4) is 0 Å². The van der Waals surface area contributed by atoms with Gasteiger partial charge >= 0.3 is 0 Å². The Kier molecular flexibility index (Phi) is 5.68. The van der Waals surface area contributed by atoms with Crippen molar-refractivity contribution in [2.45, 2.75) is 18.4 Å². The molecule has 0 bridgehead atoms. The highest BCUT2D eigenvalue weighted by molar-refractivity contribution is 7.89. The zero-order valence-electron chi connectivity index (χ0n) is 15.7. The van der Waals surface area contributed by atoms with Gasteiger partial charge in [0, 0.05) is 24.4 Å². The van der Waals surface area contributed by atoms with E-state index in [2.05, 4.69) is 0 Å². The highest BCUT2D eigenvalue weighted by atomic mass is 32.2. The van der Waals surface area contributed by atoms with E-state index in [0.29, 0.717) is 23.5 Å². The second-order valence-corrected chi connectivity index (χ2v) is 8.17. The first-order chi connectivity index (χ1) is 13.0. The van der Waals surface area contributed by atoms with Crippen molar-refractivity contribution in [2.75, 3.05) is 20.8 Å². The van der Waals surface area contributed by atoms with Crippen LogP contribution in [0.25, 0.3) is 10.8 Å². The molecule has 6 heteroatoms. The van der Waals surface area contributed by atoms with E-state index in [1.807, 2.05) is 55.5 Å². The van der Waals surface area contributed by atoms with Gasteiger partial charge in [0.25, 0.3) is 0 Å². The smallest absolute Gasteiger partial charge is 0.243 e. The van der Waals surface area contributed by atoms with Gasteiger partial charge in [-0.1, -0.05) is 36.4 Å². The Morgan fingerprint density at radius 2 is 1.70 bits per heavy atom. The van der Waals surface area contributed by atoms with Crippen molar-refractivity contribution in [1.29, 1.82) is 0 Å². The molecule has 0 saturated heterocycles. The van der Waals surface area contributed by atoms with E-state index in [9.17, 15) is 8.42 Å². The molecule has 0 aliphatic rings. The maximum atomic E-state index is 13.2. The molecule has 0 N–H and O–H groups in total. The van der Waals surface area contributed by atoms with E-state index in [1.54, 1.807) is 26.3 Å². The Morgan fingerprint density at radius 3 is 2.41 bits per heavy atom. The van der Waals surface area contributed by atoms with Crippen molar-refractivity contribution in [3.8, 4) is 11.5 Å². The molecule has 3 aromatic carbocycles. The zero-order valence-corrected chi connectivity index (χ0v) is 16.5. The average molecular weight is 385 g/mol. The van der Waals surface area contributed by atoms with Crippen LogP contribution < -0.4 is 9.47 Å². The molecule has 3 rings (SSSR count). The van der Waals surface area contributed by atoms with Gasteiger partial charge < -0.3 is 9.47 Å². The summed E-state index contributed by atoms with van der Waals surface area (Å²) in [6.45, 7) is 2.67. The number of benzene rings is 3. The fourth-order valence-electron chi connectivity index (χ4n) is 3.03. The minimum absolute atomic E-state index is 0.251. The van der Waals surface area contributed by atoms with Crippen molar-refractivity contribution in [3.63, 3.8) is 0 Å². The normalized spacial score (nSPS) is 11.7. The molecular formula is C21H23NO4S. The Hall–Kier alpha value is -2.57. The first kappa shape index (κ1) is 19.2. The third-order valence-corrected chi connectivity index (χ3v) is 6.23. The van der Waals surface area contributed by atoms with E-state index in [1.165, 1.54) is 4.31 Å². The van der Waals surface area contributed by atoms with E-state index >= 15 is 0 Å². The summed E-state index contributed by atoms with van der Waals surface area (Å²) >= 11 is 0. The summed E-state index contributed by atoms with van der Waals surface area (Å²) in [7, 11) is -0.506. The quantitative estimate of drug-likeness (QED) is 0.615. The van der Waals surface area contributed by atoms with Crippen LogP contribution >= 0.6 is 0 Å². The van der Waals surface area contributed by atoms with Crippen LogP contribution in [0.5, 0.6) is 11.5 Å². The van der Waals surface area contributed by atoms with E-state index in [4.69, 9.17) is 9.47 Å². The molecule has 0 aliphatic carbocycles. The lowest BCUT2D eigenvalue weighted by Crippen LogP contribution is -2.26. The van der Waals surface area contributed by atoms with Gasteiger partial charge in [-0.3, -0.25) is 0 Å². The molecule has 0 spiro atoms. The number of ether oxygens (including phenoxy) is 2. The molecule has 142 valence electrons. The van der Waals surface area contributed by atoms with Crippen LogP contribution in [0.1, 0.15) is 12.5 Å². The second kappa shape index (κ2) is 7.98. The van der Waals surface area contributed by atoms with E-state index in [0.717, 1.165) is 10.9 Å². The SMILES string of the molecule is CCOc1ccc(S(=O)(=O)N(C)Cc2cccc(OC)c2)c2ccccc12. The number of nitrogens with zero attached hydrogens (tertiary/aromatic N) is 1. The zero-order chi connectivity index (χ0) is 19.4. The molecule has 0 atom stereocenters. The van der Waals surface area contributed by atoms with Crippen LogP contribution in [-0.4, -0.2) is 33.5 Å². The van der Waals surface area contributed by atoms with Gasteiger partial charge in [0.05, 0.1) is 18.6 Å². The lowest BCUT2D eigenvalue weighted by atomic mass is 10.1. The van der Waals surface area contributed by atoms with Gasteiger partial charge in [-0.05, 0) is 36.8 Å². The Morgan fingerprint density at radius 1 is 0.963 bits per heavy atom. The van der Waals surface area contributed by atoms with Gasteiger partial charge in [-0.15, -0.1) is 0 Å². The molecule has 0 fully saturated rings. The monoisotopic (exact) mass is 385 g/mol. The predicted molar refractivity (Wildman–Crippen MR) is 107 cm³/mol. The summed E-state index contributed by atoms with van der Waals surface area (Å²) < 4.78 is 38.7. The molecular weight excluding hydrogens is 362 g/mol. The molecule has 27 heavy (non-hydrogen) atoms. The van der Waals surface area contributed by atoms with Crippen LogP contribution in [0.4, 0.5) is 0 Å². The van der Waals surface area contributed by atoms with Crippen LogP contribution in [0.15, 0.2) is 65.6 Å². The Labute approximate surface area is 160 Å². The standard InChI is InChI=1S/C21H23NO4S/c1-4-26-20-12-13-21(19-11-6-5-10-18(19)20)27(23,24)22(2)15-16-8-7-9-17(14-16)25-3/h5-14H,4,15H2,1-3H3. The highest BCUT2D eigenvalue weighted by Crippen LogP contribution is 2.32. The van der Waals surface area contributed by atoms with Crippen molar-refractivity contribution in [1.82, 2.24) is 4.31 Å². The van der Waals surface area contributed by atoms with Crippen molar-refractivity contribution < 1.29 is 17.9 Å². The molecule has 0 amide bonds. The fourth-order valence-corrected chi connectivity index (χ4v) is 4.38. The molecule has 0 aromatic heterocycles. The summed E-state index contributed by atoms with van der Waals surface area (Å²) in [5, 5.41) is 1.44. The summed E-state index contributed by atoms with van der Waals surface area (Å²) in [4.78, 5) is 0.270. The number of hydrogen-bond acceptors (Lipinski definition) is 4. The van der Waals surface area contributed by atoms with Crippen molar-refractivity contribution in [3.05, 3.63) is 66.2 Å². The predicted octanol–water partition coefficient (Wildman–Crippen LogP) is 4.07. The molecule has 0 aliphatic heterocycles. The van der Waals surface area contributed by atoms with Crippen molar-refractivity contribution in [2.24, 2.45) is 0 Å². The number of fused-ring (bicyclic) bond motifs is 1. The third kappa shape index (κ3) is 3.91. The molecule has 5 nitrogen and oxygen atoms in total. The summed E-state index contributed by atoms with van der Waals surface area (Å²) in [6.07, 6.45) is 0. The minimum Gasteiger partial charge on any atom is -0.497 e. The molecule has 0 saturated carbocycles. The topological polar surface area (TPSA) is 55.8 Å². The van der Waals surface area contributed by atoms with Gasteiger partial charge in [0.1, 0.15) is 11.5 Å². The van der Waals surface area contributed by atoms with Gasteiger partial charge in [0.2, 0.25) is 10.0 Å². The molecule has 0 unspecified atom stereocenters. The van der Waals surface area contributed by atoms with Gasteiger partial charge in [-0.2, -0.15) is 4.31 Å². The molecule has 3 aromatic rings. The molecule has 0 radical (unpaired) electrons. The fraction of sp³-hybridized carbons (Fsp3) is 0.238. The summed E-state index contributed by atoms with van der Waals surface area (Å²) in [5.74, 6) is 1.38. The first-order valence-corrected chi connectivity index (χ1v) is 10.1. The number of sulfonamides is 1. The Balaban J connectivity index is 2.00. The maximum Gasteiger partial charge on any atom is 0.243 e. The summed E-state index contributed by atoms with van der Waals surface area (Å²) in [5.41, 5.74) is 0.857. The second-order valence-electron chi connectivity index (χ2n) is 6.15. The van der Waals surface area contributed by atoms with E-state index < -0.39 is 10.0 Å². The maximum absolute atomic E-state index is 13.2. The largest absolute Gasteiger partial charge is 0.497 e. The lowest BCUT2D eigenvalue weighted by molar-refractivity contribution is 0.344. The average Bonchev–Trinajstić information content (AvgIpc) is 2.68. The van der Waals surface area contributed by atoms with Gasteiger partial charge in [-0.25, -0.2) is 8.42 Å². The highest BCUT2D eigenvalue weighted by Gasteiger charge is 2.24. The minimum atomic E-state index is -3.68. The molecule has 0 heterocycles.